The van der Waals surface area contributed by atoms with Gasteiger partial charge in [-0.1, -0.05) is 12.1 Å². The zero-order chi connectivity index (χ0) is 19.2. The summed E-state index contributed by atoms with van der Waals surface area (Å²) in [6, 6.07) is 14.1. The van der Waals surface area contributed by atoms with E-state index in [0.717, 1.165) is 52.9 Å². The molecule has 2 aromatic carbocycles. The first-order valence-corrected chi connectivity index (χ1v) is 9.46. The van der Waals surface area contributed by atoms with Crippen LogP contribution in [0, 0.1) is 0 Å². The van der Waals surface area contributed by atoms with E-state index in [4.69, 9.17) is 26.4 Å². The van der Waals surface area contributed by atoms with E-state index in [1.165, 1.54) is 0 Å². The molecule has 0 amide bonds. The summed E-state index contributed by atoms with van der Waals surface area (Å²) >= 11 is 5.70. The van der Waals surface area contributed by atoms with Crippen molar-refractivity contribution in [3.05, 3.63) is 53.6 Å². The van der Waals surface area contributed by atoms with Crippen molar-refractivity contribution in [3.8, 4) is 17.2 Å². The largest absolute Gasteiger partial charge is 0.497 e. The predicted octanol–water partition coefficient (Wildman–Crippen LogP) is 3.92. The molecule has 3 rings (SSSR count). The van der Waals surface area contributed by atoms with Gasteiger partial charge in [0.15, 0.2) is 5.11 Å². The molecule has 1 aliphatic rings. The fraction of sp³-hybridized carbons (Fsp3) is 0.381. The van der Waals surface area contributed by atoms with E-state index in [-0.39, 0.29) is 6.04 Å². The van der Waals surface area contributed by atoms with Crippen LogP contribution in [0.3, 0.4) is 0 Å². The molecule has 27 heavy (non-hydrogen) atoms. The molecule has 1 saturated heterocycles. The van der Waals surface area contributed by atoms with Gasteiger partial charge in [0.05, 0.1) is 27.4 Å². The molecular formula is C21H26N2O3S. The Bertz CT molecular complexity index is 779. The number of benzene rings is 2. The molecule has 0 spiro atoms. The van der Waals surface area contributed by atoms with Crippen molar-refractivity contribution in [3.63, 3.8) is 0 Å². The maximum atomic E-state index is 5.70. The molecule has 0 radical (unpaired) electrons. The Hall–Kier alpha value is -2.47. The van der Waals surface area contributed by atoms with Gasteiger partial charge in [0, 0.05) is 18.7 Å². The number of thiocarbonyl (C=S) groups is 1. The highest BCUT2D eigenvalue weighted by Gasteiger charge is 2.30. The van der Waals surface area contributed by atoms with Crippen LogP contribution in [0.1, 0.15) is 30.0 Å². The molecule has 6 heteroatoms. The normalized spacial score (nSPS) is 16.1. The summed E-state index contributed by atoms with van der Waals surface area (Å²) in [4.78, 5) is 2.25. The van der Waals surface area contributed by atoms with Crippen molar-refractivity contribution >= 4 is 17.3 Å². The number of rotatable bonds is 6. The molecule has 144 valence electrons. The smallest absolute Gasteiger partial charge is 0.169 e. The molecule has 1 atom stereocenters. The zero-order valence-corrected chi connectivity index (χ0v) is 16.8. The van der Waals surface area contributed by atoms with Crippen LogP contribution >= 0.6 is 12.2 Å². The van der Waals surface area contributed by atoms with E-state index < -0.39 is 0 Å². The van der Waals surface area contributed by atoms with E-state index in [0.29, 0.717) is 6.54 Å². The molecular weight excluding hydrogens is 360 g/mol. The van der Waals surface area contributed by atoms with Crippen LogP contribution in [0.15, 0.2) is 42.5 Å². The molecule has 5 nitrogen and oxygen atoms in total. The Kier molecular flexibility index (Phi) is 6.40. The average Bonchev–Trinajstić information content (AvgIpc) is 3.21. The van der Waals surface area contributed by atoms with Crippen molar-refractivity contribution < 1.29 is 14.2 Å². The van der Waals surface area contributed by atoms with Gasteiger partial charge in [0.25, 0.3) is 0 Å². The molecule has 1 N–H and O–H groups in total. The van der Waals surface area contributed by atoms with Gasteiger partial charge in [-0.05, 0) is 61.0 Å². The topological polar surface area (TPSA) is 43.0 Å². The molecule has 0 unspecified atom stereocenters. The first-order chi connectivity index (χ1) is 13.2. The van der Waals surface area contributed by atoms with Crippen LogP contribution in [0.25, 0.3) is 0 Å². The monoisotopic (exact) mass is 386 g/mol. The summed E-state index contributed by atoms with van der Waals surface area (Å²) in [5, 5.41) is 4.15. The minimum Gasteiger partial charge on any atom is -0.497 e. The van der Waals surface area contributed by atoms with Crippen molar-refractivity contribution in [2.75, 3.05) is 27.9 Å². The quantitative estimate of drug-likeness (QED) is 0.759. The number of hydrogen-bond acceptors (Lipinski definition) is 4. The van der Waals surface area contributed by atoms with Gasteiger partial charge >= 0.3 is 0 Å². The van der Waals surface area contributed by atoms with Crippen molar-refractivity contribution in [2.45, 2.75) is 25.4 Å². The number of nitrogens with zero attached hydrogens (tertiary/aromatic N) is 1. The third-order valence-corrected chi connectivity index (χ3v) is 5.29. The second kappa shape index (κ2) is 8.95. The fourth-order valence-electron chi connectivity index (χ4n) is 3.46. The number of likely N-dealkylation sites (tertiary alicyclic amines) is 1. The number of ether oxygens (including phenoxy) is 3. The third kappa shape index (κ3) is 4.45. The van der Waals surface area contributed by atoms with Crippen LogP contribution in [0.5, 0.6) is 17.2 Å². The third-order valence-electron chi connectivity index (χ3n) is 4.91. The Balaban J connectivity index is 1.70. The van der Waals surface area contributed by atoms with E-state index in [1.54, 1.807) is 21.3 Å². The van der Waals surface area contributed by atoms with Crippen LogP contribution in [0.4, 0.5) is 0 Å². The van der Waals surface area contributed by atoms with Crippen LogP contribution in [0.2, 0.25) is 0 Å². The van der Waals surface area contributed by atoms with E-state index in [2.05, 4.69) is 10.2 Å². The summed E-state index contributed by atoms with van der Waals surface area (Å²) in [6.45, 7) is 1.61. The summed E-state index contributed by atoms with van der Waals surface area (Å²) in [5.41, 5.74) is 2.27. The molecule has 2 aromatic rings. The van der Waals surface area contributed by atoms with Gasteiger partial charge in [0.2, 0.25) is 0 Å². The summed E-state index contributed by atoms with van der Waals surface area (Å²) in [6.07, 6.45) is 2.13. The van der Waals surface area contributed by atoms with Crippen molar-refractivity contribution in [2.24, 2.45) is 0 Å². The highest BCUT2D eigenvalue weighted by atomic mass is 32.1. The Morgan fingerprint density at radius 2 is 1.74 bits per heavy atom. The summed E-state index contributed by atoms with van der Waals surface area (Å²) < 4.78 is 16.2. The van der Waals surface area contributed by atoms with Gasteiger partial charge in [-0.15, -0.1) is 0 Å². The number of methoxy groups -OCH3 is 3. The van der Waals surface area contributed by atoms with Crippen LogP contribution in [-0.2, 0) is 6.54 Å². The minimum absolute atomic E-state index is 0.186. The summed E-state index contributed by atoms with van der Waals surface area (Å²) in [7, 11) is 5.05. The minimum atomic E-state index is 0.186. The molecule has 0 bridgehead atoms. The molecule has 1 aliphatic heterocycles. The van der Waals surface area contributed by atoms with E-state index in [9.17, 15) is 0 Å². The molecule has 0 aromatic heterocycles. The molecule has 1 fully saturated rings. The van der Waals surface area contributed by atoms with Crippen LogP contribution in [-0.4, -0.2) is 37.9 Å². The predicted molar refractivity (Wildman–Crippen MR) is 111 cm³/mol. The summed E-state index contributed by atoms with van der Waals surface area (Å²) in [5.74, 6) is 2.55. The van der Waals surface area contributed by atoms with Gasteiger partial charge in [-0.3, -0.25) is 0 Å². The SMILES string of the molecule is COc1ccc(CNC(=S)N2CCC[C@@H]2c2cc(OC)ccc2OC)cc1. The molecule has 0 saturated carbocycles. The molecule has 1 heterocycles. The Labute approximate surface area is 166 Å². The lowest BCUT2D eigenvalue weighted by molar-refractivity contribution is 0.357. The van der Waals surface area contributed by atoms with Gasteiger partial charge < -0.3 is 24.4 Å². The Morgan fingerprint density at radius 3 is 2.41 bits per heavy atom. The zero-order valence-electron chi connectivity index (χ0n) is 16.0. The molecule has 0 aliphatic carbocycles. The van der Waals surface area contributed by atoms with Crippen molar-refractivity contribution in [1.82, 2.24) is 10.2 Å². The van der Waals surface area contributed by atoms with Gasteiger partial charge in [-0.2, -0.15) is 0 Å². The lowest BCUT2D eigenvalue weighted by Crippen LogP contribution is -2.39. The van der Waals surface area contributed by atoms with E-state index in [1.807, 2.05) is 42.5 Å². The highest BCUT2D eigenvalue weighted by molar-refractivity contribution is 7.80. The first-order valence-electron chi connectivity index (χ1n) is 9.05. The van der Waals surface area contributed by atoms with Gasteiger partial charge in [0.1, 0.15) is 17.2 Å². The fourth-order valence-corrected chi connectivity index (χ4v) is 3.75. The number of hydrogen-bond donors (Lipinski definition) is 1. The lowest BCUT2D eigenvalue weighted by Gasteiger charge is -2.29. The first kappa shape index (κ1) is 19.3. The second-order valence-electron chi connectivity index (χ2n) is 6.47. The Morgan fingerprint density at radius 1 is 1.04 bits per heavy atom. The van der Waals surface area contributed by atoms with Gasteiger partial charge in [-0.25, -0.2) is 0 Å². The van der Waals surface area contributed by atoms with Crippen molar-refractivity contribution in [1.29, 1.82) is 0 Å². The highest BCUT2D eigenvalue weighted by Crippen LogP contribution is 2.38. The maximum Gasteiger partial charge on any atom is 0.169 e. The maximum absolute atomic E-state index is 5.70. The lowest BCUT2D eigenvalue weighted by atomic mass is 10.0. The standard InChI is InChI=1S/C21H26N2O3S/c1-24-16-8-6-15(7-9-16)14-22-21(27)23-12-4-5-19(23)18-13-17(25-2)10-11-20(18)26-3/h6-11,13,19H,4-5,12,14H2,1-3H3,(H,22,27)/t19-/m1/s1. The second-order valence-corrected chi connectivity index (χ2v) is 6.85. The van der Waals surface area contributed by atoms with E-state index >= 15 is 0 Å². The number of nitrogens with one attached hydrogen (secondary N) is 1. The average molecular weight is 387 g/mol. The van der Waals surface area contributed by atoms with Crippen LogP contribution < -0.4 is 19.5 Å².